The Morgan fingerprint density at radius 1 is 1.22 bits per heavy atom. The number of hydrogen-bond acceptors (Lipinski definition) is 4. The van der Waals surface area contributed by atoms with Gasteiger partial charge in [-0.05, 0) is 35.9 Å². The predicted molar refractivity (Wildman–Crippen MR) is 99.5 cm³/mol. The van der Waals surface area contributed by atoms with Crippen LogP contribution in [0.4, 0.5) is 11.6 Å². The summed E-state index contributed by atoms with van der Waals surface area (Å²) in [5.74, 6) is 1.62. The largest absolute Gasteiger partial charge is 0.325 e. The van der Waals surface area contributed by atoms with Gasteiger partial charge in [0.1, 0.15) is 11.6 Å². The van der Waals surface area contributed by atoms with Crippen LogP contribution in [0.1, 0.15) is 5.69 Å². The van der Waals surface area contributed by atoms with Crippen LogP contribution in [-0.2, 0) is 0 Å². The van der Waals surface area contributed by atoms with Crippen molar-refractivity contribution in [2.45, 2.75) is 12.1 Å². The number of rotatable bonds is 3. The Balaban J connectivity index is 1.82. The number of aryl methyl sites for hydroxylation is 1. The van der Waals surface area contributed by atoms with E-state index in [9.17, 15) is 0 Å². The average Bonchev–Trinajstić information content (AvgIpc) is 3.16. The predicted octanol–water partition coefficient (Wildman–Crippen LogP) is 4.53. The molecule has 3 aromatic rings. The van der Waals surface area contributed by atoms with E-state index in [0.29, 0.717) is 0 Å². The fourth-order valence-corrected chi connectivity index (χ4v) is 4.83. The van der Waals surface area contributed by atoms with E-state index in [1.54, 1.807) is 0 Å². The van der Waals surface area contributed by atoms with Crippen LogP contribution >= 0.6 is 26.8 Å². The summed E-state index contributed by atoms with van der Waals surface area (Å²) < 4.78 is 1.08. The van der Waals surface area contributed by atoms with E-state index < -0.39 is 10.9 Å². The van der Waals surface area contributed by atoms with Gasteiger partial charge in [-0.1, -0.05) is 28.1 Å². The van der Waals surface area contributed by atoms with E-state index in [2.05, 4.69) is 48.3 Å². The molecule has 0 saturated carbocycles. The van der Waals surface area contributed by atoms with Crippen LogP contribution in [-0.4, -0.2) is 20.2 Å². The summed E-state index contributed by atoms with van der Waals surface area (Å²) in [5.41, 5.74) is 1.87. The summed E-state index contributed by atoms with van der Waals surface area (Å²) in [6, 6.07) is 9.97. The van der Waals surface area contributed by atoms with Crippen LogP contribution in [0.25, 0.3) is 10.9 Å². The highest BCUT2D eigenvalue weighted by Crippen LogP contribution is 2.44. The lowest BCUT2D eigenvalue weighted by Crippen LogP contribution is -1.99. The highest BCUT2D eigenvalue weighted by Gasteiger charge is 2.14. The molecule has 1 unspecified atom stereocenters. The van der Waals surface area contributed by atoms with Gasteiger partial charge in [-0.25, -0.2) is 9.97 Å². The normalized spacial score (nSPS) is 18.3. The molecule has 23 heavy (non-hydrogen) atoms. The quantitative estimate of drug-likeness (QED) is 0.456. The summed E-state index contributed by atoms with van der Waals surface area (Å²) in [6.07, 6.45) is 2.05. The van der Waals surface area contributed by atoms with E-state index in [-0.39, 0.29) is 0 Å². The number of allylic oxidation sites excluding steroid dienone is 2. The molecule has 3 heterocycles. The lowest BCUT2D eigenvalue weighted by Gasteiger charge is -2.13. The zero-order chi connectivity index (χ0) is 15.8. The SMILES string of the molecule is Cc1cc(Nc2nc([SH]3C=CC(Br)=C3)nc3ccccc23)[nH]n1. The van der Waals surface area contributed by atoms with Crippen LogP contribution in [0, 0.1) is 6.92 Å². The number of para-hydroxylation sites is 1. The highest BCUT2D eigenvalue weighted by molar-refractivity contribution is 9.12. The molecule has 0 amide bonds. The summed E-state index contributed by atoms with van der Waals surface area (Å²) in [7, 11) is -0.616. The van der Waals surface area contributed by atoms with Crippen LogP contribution < -0.4 is 5.32 Å². The Morgan fingerprint density at radius 2 is 2.09 bits per heavy atom. The van der Waals surface area contributed by atoms with Crippen molar-refractivity contribution < 1.29 is 0 Å². The number of thiol groups is 1. The van der Waals surface area contributed by atoms with Crippen molar-refractivity contribution in [3.8, 4) is 0 Å². The number of H-pyrrole nitrogens is 1. The van der Waals surface area contributed by atoms with Crippen molar-refractivity contribution in [2.24, 2.45) is 0 Å². The van der Waals surface area contributed by atoms with Crippen molar-refractivity contribution in [1.82, 2.24) is 20.2 Å². The van der Waals surface area contributed by atoms with Crippen molar-refractivity contribution in [2.75, 3.05) is 5.32 Å². The van der Waals surface area contributed by atoms with Crippen LogP contribution in [0.3, 0.4) is 0 Å². The second-order valence-corrected chi connectivity index (χ2v) is 7.86. The fraction of sp³-hybridized carbons (Fsp3) is 0.0625. The second kappa shape index (κ2) is 5.82. The zero-order valence-electron chi connectivity index (χ0n) is 12.3. The molecular weight excluding hydrogens is 374 g/mol. The van der Waals surface area contributed by atoms with E-state index in [0.717, 1.165) is 37.9 Å². The van der Waals surface area contributed by atoms with Gasteiger partial charge in [0.05, 0.1) is 11.2 Å². The smallest absolute Gasteiger partial charge is 0.177 e. The lowest BCUT2D eigenvalue weighted by atomic mass is 10.2. The first kappa shape index (κ1) is 14.5. The number of anilines is 2. The average molecular weight is 388 g/mol. The van der Waals surface area contributed by atoms with Gasteiger partial charge in [-0.3, -0.25) is 5.10 Å². The molecule has 1 aliphatic rings. The van der Waals surface area contributed by atoms with Gasteiger partial charge >= 0.3 is 0 Å². The number of aromatic nitrogens is 4. The monoisotopic (exact) mass is 387 g/mol. The minimum absolute atomic E-state index is 0.616. The van der Waals surface area contributed by atoms with Crippen molar-refractivity contribution in [3.63, 3.8) is 0 Å². The van der Waals surface area contributed by atoms with E-state index in [1.165, 1.54) is 0 Å². The van der Waals surface area contributed by atoms with Gasteiger partial charge in [0.25, 0.3) is 0 Å². The summed E-state index contributed by atoms with van der Waals surface area (Å²) in [5, 5.41) is 16.6. The third kappa shape index (κ3) is 2.89. The molecule has 1 aliphatic heterocycles. The first-order valence-corrected chi connectivity index (χ1v) is 9.36. The van der Waals surface area contributed by atoms with E-state index >= 15 is 0 Å². The van der Waals surface area contributed by atoms with Gasteiger partial charge in [-0.15, -0.1) is 0 Å². The molecule has 0 saturated heterocycles. The molecule has 2 N–H and O–H groups in total. The van der Waals surface area contributed by atoms with Gasteiger partial charge in [-0.2, -0.15) is 16.0 Å². The summed E-state index contributed by atoms with van der Waals surface area (Å²) in [4.78, 5) is 9.50. The maximum Gasteiger partial charge on any atom is 0.177 e. The molecule has 116 valence electrons. The number of halogens is 1. The first-order chi connectivity index (χ1) is 11.2. The van der Waals surface area contributed by atoms with Gasteiger partial charge in [0, 0.05) is 15.9 Å². The molecule has 0 radical (unpaired) electrons. The minimum Gasteiger partial charge on any atom is -0.325 e. The van der Waals surface area contributed by atoms with Crippen molar-refractivity contribution >= 4 is 49.4 Å². The van der Waals surface area contributed by atoms with Gasteiger partial charge < -0.3 is 5.32 Å². The maximum absolute atomic E-state index is 4.76. The lowest BCUT2D eigenvalue weighted by molar-refractivity contribution is 1.00. The number of nitrogens with zero attached hydrogens (tertiary/aromatic N) is 3. The number of nitrogens with one attached hydrogen (secondary N) is 2. The van der Waals surface area contributed by atoms with Crippen molar-refractivity contribution in [3.05, 3.63) is 57.4 Å². The number of hydrogen-bond donors (Lipinski definition) is 3. The number of benzene rings is 1. The number of fused-ring (bicyclic) bond motifs is 1. The Kier molecular flexibility index (Phi) is 3.66. The van der Waals surface area contributed by atoms with Crippen LogP contribution in [0.2, 0.25) is 0 Å². The Morgan fingerprint density at radius 3 is 2.83 bits per heavy atom. The standard InChI is InChI=1S/C16H14BrN5S/c1-10-8-14(22-21-10)19-15-12-4-2-3-5-13(12)18-16(20-15)23-7-6-11(17)9-23/h2-9,23H,1H3,(H2,18,19,20,21,22). The molecule has 0 spiro atoms. The minimum atomic E-state index is -0.616. The van der Waals surface area contributed by atoms with Crippen molar-refractivity contribution in [1.29, 1.82) is 0 Å². The topological polar surface area (TPSA) is 66.5 Å². The van der Waals surface area contributed by atoms with Crippen LogP contribution in [0.5, 0.6) is 0 Å². The molecule has 2 aromatic heterocycles. The first-order valence-electron chi connectivity index (χ1n) is 7.09. The van der Waals surface area contributed by atoms with Gasteiger partial charge in [0.2, 0.25) is 0 Å². The molecule has 1 aromatic carbocycles. The van der Waals surface area contributed by atoms with E-state index in [1.807, 2.05) is 37.3 Å². The molecule has 1 atom stereocenters. The molecular formula is C16H14BrN5S. The van der Waals surface area contributed by atoms with E-state index in [4.69, 9.17) is 9.97 Å². The Bertz CT molecular complexity index is 947. The fourth-order valence-electron chi connectivity index (χ4n) is 2.38. The molecule has 4 rings (SSSR count). The summed E-state index contributed by atoms with van der Waals surface area (Å²) >= 11 is 3.51. The molecule has 0 aliphatic carbocycles. The number of aromatic amines is 1. The highest BCUT2D eigenvalue weighted by atomic mass is 79.9. The van der Waals surface area contributed by atoms with Gasteiger partial charge in [0.15, 0.2) is 5.16 Å². The maximum atomic E-state index is 4.76. The Hall–Kier alpha value is -2.12. The summed E-state index contributed by atoms with van der Waals surface area (Å²) in [6.45, 7) is 1.94. The van der Waals surface area contributed by atoms with Crippen LogP contribution in [0.15, 0.2) is 56.9 Å². The molecule has 7 heteroatoms. The third-order valence-corrected chi connectivity index (χ3v) is 5.97. The molecule has 5 nitrogen and oxygen atoms in total. The zero-order valence-corrected chi connectivity index (χ0v) is 14.8. The second-order valence-electron chi connectivity index (χ2n) is 5.17. The molecule has 0 fully saturated rings. The molecule has 0 bridgehead atoms. The Labute approximate surface area is 144 Å². The third-order valence-electron chi connectivity index (χ3n) is 3.44.